The maximum absolute atomic E-state index is 11.1. The minimum atomic E-state index is -0.242. The average Bonchev–Trinajstić information content (AvgIpc) is 2.28. The van der Waals surface area contributed by atoms with Crippen molar-refractivity contribution in [3.63, 3.8) is 0 Å². The Morgan fingerprint density at radius 3 is 2.67 bits per heavy atom. The van der Waals surface area contributed by atoms with Gasteiger partial charge >= 0.3 is 0 Å². The van der Waals surface area contributed by atoms with Crippen LogP contribution in [0.15, 0.2) is 42.6 Å². The van der Waals surface area contributed by atoms with Crippen LogP contribution in [-0.2, 0) is 16.1 Å². The third-order valence-electron chi connectivity index (χ3n) is 1.71. The van der Waals surface area contributed by atoms with Crippen LogP contribution >= 0.6 is 0 Å². The first kappa shape index (κ1) is 11.0. The molecule has 1 rings (SSSR count). The molecule has 2 N–H and O–H groups in total. The Kier molecular flexibility index (Phi) is 4.66. The molecule has 0 aliphatic heterocycles. The minimum absolute atomic E-state index is 0.242. The van der Waals surface area contributed by atoms with E-state index in [4.69, 9.17) is 0 Å². The summed E-state index contributed by atoms with van der Waals surface area (Å²) in [5, 5.41) is 4.93. The predicted octanol–water partition coefficient (Wildman–Crippen LogP) is 0.562. The minimum Gasteiger partial charge on any atom is -0.348 e. The zero-order chi connectivity index (χ0) is 10.9. The van der Waals surface area contributed by atoms with Crippen molar-refractivity contribution in [2.24, 2.45) is 0 Å². The molecule has 4 heteroatoms. The van der Waals surface area contributed by atoms with Crippen LogP contribution in [0, 0.1) is 0 Å². The Balaban J connectivity index is 2.31. The van der Waals surface area contributed by atoms with Crippen LogP contribution in [0.3, 0.4) is 0 Å². The maximum Gasteiger partial charge on any atom is 0.245 e. The third-order valence-corrected chi connectivity index (χ3v) is 1.71. The average molecular weight is 204 g/mol. The Labute approximate surface area is 88.0 Å². The van der Waals surface area contributed by atoms with Crippen LogP contribution in [0.4, 0.5) is 0 Å². The summed E-state index contributed by atoms with van der Waals surface area (Å²) < 4.78 is 0. The quantitative estimate of drug-likeness (QED) is 0.544. The lowest BCUT2D eigenvalue weighted by Crippen LogP contribution is -2.20. The number of rotatable bonds is 5. The molecule has 0 aliphatic carbocycles. The van der Waals surface area contributed by atoms with E-state index in [0.29, 0.717) is 13.0 Å². The summed E-state index contributed by atoms with van der Waals surface area (Å²) in [4.78, 5) is 21.0. The number of benzene rings is 1. The van der Waals surface area contributed by atoms with E-state index < -0.39 is 0 Å². The van der Waals surface area contributed by atoms with Gasteiger partial charge in [0.15, 0.2) is 0 Å². The van der Waals surface area contributed by atoms with Crippen molar-refractivity contribution in [3.8, 4) is 0 Å². The fourth-order valence-corrected chi connectivity index (χ4v) is 1.01. The lowest BCUT2D eigenvalue weighted by molar-refractivity contribution is -0.116. The van der Waals surface area contributed by atoms with Crippen molar-refractivity contribution in [3.05, 3.63) is 48.2 Å². The molecule has 0 bridgehead atoms. The highest BCUT2D eigenvalue weighted by Gasteiger charge is 1.94. The van der Waals surface area contributed by atoms with E-state index in [2.05, 4.69) is 10.6 Å². The molecule has 0 atom stereocenters. The molecule has 1 aromatic carbocycles. The molecule has 4 nitrogen and oxygen atoms in total. The van der Waals surface area contributed by atoms with Crippen molar-refractivity contribution in [2.45, 2.75) is 6.54 Å². The lowest BCUT2D eigenvalue weighted by Gasteiger charge is -2.01. The van der Waals surface area contributed by atoms with E-state index in [1.54, 1.807) is 0 Å². The zero-order valence-corrected chi connectivity index (χ0v) is 8.14. The van der Waals surface area contributed by atoms with Gasteiger partial charge in [0.25, 0.3) is 0 Å². The summed E-state index contributed by atoms with van der Waals surface area (Å²) in [5.74, 6) is -0.242. The number of amides is 2. The molecule has 78 valence electrons. The number of carbonyl (C=O) groups excluding carboxylic acids is 2. The topological polar surface area (TPSA) is 58.2 Å². The first-order chi connectivity index (χ1) is 7.33. The van der Waals surface area contributed by atoms with Crippen molar-refractivity contribution < 1.29 is 9.59 Å². The Hall–Kier alpha value is -2.10. The van der Waals surface area contributed by atoms with E-state index in [-0.39, 0.29) is 5.91 Å². The SMILES string of the molecule is O=CNC=CC(=O)NCc1ccccc1. The molecular weight excluding hydrogens is 192 g/mol. The molecular formula is C11H12N2O2. The van der Waals surface area contributed by atoms with E-state index >= 15 is 0 Å². The van der Waals surface area contributed by atoms with Gasteiger partial charge in [-0.2, -0.15) is 0 Å². The van der Waals surface area contributed by atoms with Crippen LogP contribution in [0.1, 0.15) is 5.56 Å². The van der Waals surface area contributed by atoms with Gasteiger partial charge in [0.1, 0.15) is 0 Å². The molecule has 0 saturated carbocycles. The fourth-order valence-electron chi connectivity index (χ4n) is 1.01. The molecule has 0 fully saturated rings. The smallest absolute Gasteiger partial charge is 0.245 e. The summed E-state index contributed by atoms with van der Waals surface area (Å²) >= 11 is 0. The monoisotopic (exact) mass is 204 g/mol. The molecule has 2 amide bonds. The maximum atomic E-state index is 11.1. The van der Waals surface area contributed by atoms with Crippen LogP contribution in [0.2, 0.25) is 0 Å². The van der Waals surface area contributed by atoms with E-state index in [1.807, 2.05) is 30.3 Å². The number of hydrogen-bond acceptors (Lipinski definition) is 2. The van der Waals surface area contributed by atoms with Crippen molar-refractivity contribution in [2.75, 3.05) is 0 Å². The normalized spacial score (nSPS) is 9.87. The number of carbonyl (C=O) groups is 2. The van der Waals surface area contributed by atoms with Gasteiger partial charge in [-0.25, -0.2) is 0 Å². The van der Waals surface area contributed by atoms with Crippen LogP contribution in [-0.4, -0.2) is 12.3 Å². The molecule has 0 spiro atoms. The molecule has 1 aromatic rings. The second-order valence-electron chi connectivity index (χ2n) is 2.82. The van der Waals surface area contributed by atoms with E-state index in [9.17, 15) is 9.59 Å². The Morgan fingerprint density at radius 2 is 2.00 bits per heavy atom. The standard InChI is InChI=1S/C11H12N2O2/c14-9-12-7-6-11(15)13-8-10-4-2-1-3-5-10/h1-7,9H,8H2,(H,12,14)(H,13,15). The summed E-state index contributed by atoms with van der Waals surface area (Å²) in [7, 11) is 0. The summed E-state index contributed by atoms with van der Waals surface area (Å²) in [5.41, 5.74) is 1.03. The van der Waals surface area contributed by atoms with Crippen LogP contribution in [0.25, 0.3) is 0 Å². The fraction of sp³-hybridized carbons (Fsp3) is 0.0909. The number of nitrogens with one attached hydrogen (secondary N) is 2. The molecule has 15 heavy (non-hydrogen) atoms. The van der Waals surface area contributed by atoms with Gasteiger partial charge in [-0.3, -0.25) is 9.59 Å². The third kappa shape index (κ3) is 4.61. The lowest BCUT2D eigenvalue weighted by atomic mass is 10.2. The Morgan fingerprint density at radius 1 is 1.27 bits per heavy atom. The summed E-state index contributed by atoms with van der Waals surface area (Å²) in [6.07, 6.45) is 3.05. The zero-order valence-electron chi connectivity index (χ0n) is 8.14. The predicted molar refractivity (Wildman–Crippen MR) is 56.6 cm³/mol. The van der Waals surface area contributed by atoms with Gasteiger partial charge in [0.05, 0.1) is 0 Å². The first-order valence-corrected chi connectivity index (χ1v) is 4.51. The highest BCUT2D eigenvalue weighted by molar-refractivity contribution is 5.87. The number of hydrogen-bond donors (Lipinski definition) is 2. The molecule has 0 unspecified atom stereocenters. The van der Waals surface area contributed by atoms with E-state index in [0.717, 1.165) is 5.56 Å². The highest BCUT2D eigenvalue weighted by atomic mass is 16.1. The molecule has 0 radical (unpaired) electrons. The largest absolute Gasteiger partial charge is 0.348 e. The van der Waals surface area contributed by atoms with Gasteiger partial charge in [-0.1, -0.05) is 30.3 Å². The van der Waals surface area contributed by atoms with Crippen LogP contribution in [0.5, 0.6) is 0 Å². The van der Waals surface area contributed by atoms with Gasteiger partial charge in [0.2, 0.25) is 12.3 Å². The van der Waals surface area contributed by atoms with Gasteiger partial charge in [-0.05, 0) is 5.56 Å². The van der Waals surface area contributed by atoms with Gasteiger partial charge < -0.3 is 10.6 Å². The summed E-state index contributed by atoms with van der Waals surface area (Å²) in [6, 6.07) is 9.58. The second-order valence-corrected chi connectivity index (χ2v) is 2.82. The molecule has 0 saturated heterocycles. The van der Waals surface area contributed by atoms with Gasteiger partial charge in [0, 0.05) is 18.8 Å². The van der Waals surface area contributed by atoms with Gasteiger partial charge in [-0.15, -0.1) is 0 Å². The molecule has 0 aromatic heterocycles. The Bertz CT molecular complexity index is 347. The second kappa shape index (κ2) is 6.37. The first-order valence-electron chi connectivity index (χ1n) is 4.51. The van der Waals surface area contributed by atoms with E-state index in [1.165, 1.54) is 12.3 Å². The molecule has 0 heterocycles. The molecule has 0 aliphatic rings. The van der Waals surface area contributed by atoms with Crippen molar-refractivity contribution in [1.29, 1.82) is 0 Å². The highest BCUT2D eigenvalue weighted by Crippen LogP contribution is 1.96. The van der Waals surface area contributed by atoms with Crippen molar-refractivity contribution >= 4 is 12.3 Å². The van der Waals surface area contributed by atoms with Crippen LogP contribution < -0.4 is 10.6 Å². The summed E-state index contributed by atoms with van der Waals surface area (Å²) in [6.45, 7) is 0.477. The van der Waals surface area contributed by atoms with Crippen molar-refractivity contribution in [1.82, 2.24) is 10.6 Å².